The van der Waals surface area contributed by atoms with Gasteiger partial charge in [-0.2, -0.15) is 0 Å². The number of fused-ring (bicyclic) bond motifs is 4. The van der Waals surface area contributed by atoms with Crippen LogP contribution in [0.3, 0.4) is 0 Å². The molecule has 2 heterocycles. The highest BCUT2D eigenvalue weighted by molar-refractivity contribution is 7.25. The Labute approximate surface area is 216 Å². The van der Waals surface area contributed by atoms with E-state index in [9.17, 15) is 0 Å². The summed E-state index contributed by atoms with van der Waals surface area (Å²) in [4.78, 5) is 14.7. The molecule has 2 aromatic heterocycles. The van der Waals surface area contributed by atoms with Crippen LogP contribution in [0, 0.1) is 0 Å². The van der Waals surface area contributed by atoms with Crippen molar-refractivity contribution < 1.29 is 0 Å². The van der Waals surface area contributed by atoms with Gasteiger partial charge in [0.25, 0.3) is 0 Å². The van der Waals surface area contributed by atoms with E-state index in [4.69, 9.17) is 26.6 Å². The van der Waals surface area contributed by atoms with Crippen LogP contribution in [0.25, 0.3) is 65.1 Å². The Hall–Kier alpha value is -4.12. The second kappa shape index (κ2) is 8.52. The predicted octanol–water partition coefficient (Wildman–Crippen LogP) is 9.05. The average Bonchev–Trinajstić information content (AvgIpc) is 3.31. The van der Waals surface area contributed by atoms with Gasteiger partial charge in [-0.05, 0) is 41.8 Å². The summed E-state index contributed by atoms with van der Waals surface area (Å²) in [5, 5.41) is 5.20. The molecule has 0 saturated heterocycles. The van der Waals surface area contributed by atoms with E-state index >= 15 is 0 Å². The molecule has 170 valence electrons. The first kappa shape index (κ1) is 21.2. The zero-order chi connectivity index (χ0) is 24.1. The molecule has 0 aliphatic carbocycles. The molecule has 36 heavy (non-hydrogen) atoms. The van der Waals surface area contributed by atoms with Crippen LogP contribution in [-0.4, -0.2) is 15.0 Å². The number of thiophene rings is 1. The van der Waals surface area contributed by atoms with Gasteiger partial charge in [0.2, 0.25) is 0 Å². The first-order chi connectivity index (χ1) is 17.7. The number of rotatable bonds is 3. The highest BCUT2D eigenvalue weighted by Gasteiger charge is 2.15. The first-order valence-corrected chi connectivity index (χ1v) is 12.8. The Balaban J connectivity index is 1.46. The maximum absolute atomic E-state index is 6.66. The molecule has 0 aliphatic rings. The summed E-state index contributed by atoms with van der Waals surface area (Å²) in [7, 11) is 0. The SMILES string of the molecule is Clc1cc(-c2nc(-c3ccccc3)nc(-c3ccc4sc5ccccc5c4c3)n2)cc2ccccc12. The Morgan fingerprint density at radius 2 is 1.11 bits per heavy atom. The van der Waals surface area contributed by atoms with Gasteiger partial charge in [-0.3, -0.25) is 0 Å². The van der Waals surface area contributed by atoms with Crippen LogP contribution < -0.4 is 0 Å². The van der Waals surface area contributed by atoms with Gasteiger partial charge in [0, 0.05) is 47.3 Å². The maximum atomic E-state index is 6.66. The Morgan fingerprint density at radius 1 is 0.472 bits per heavy atom. The summed E-state index contributed by atoms with van der Waals surface area (Å²) < 4.78 is 2.52. The van der Waals surface area contributed by atoms with Gasteiger partial charge in [-0.25, -0.2) is 15.0 Å². The molecule has 0 fully saturated rings. The van der Waals surface area contributed by atoms with Crippen molar-refractivity contribution in [1.82, 2.24) is 15.0 Å². The normalized spacial score (nSPS) is 11.5. The lowest BCUT2D eigenvalue weighted by atomic mass is 10.1. The Kier molecular flexibility index (Phi) is 5.01. The molecule has 5 aromatic carbocycles. The molecule has 3 nitrogen and oxygen atoms in total. The van der Waals surface area contributed by atoms with Crippen molar-refractivity contribution in [2.45, 2.75) is 0 Å². The van der Waals surface area contributed by atoms with E-state index in [-0.39, 0.29) is 0 Å². The minimum atomic E-state index is 0.599. The summed E-state index contributed by atoms with van der Waals surface area (Å²) in [6.07, 6.45) is 0. The summed E-state index contributed by atoms with van der Waals surface area (Å²) >= 11 is 8.46. The van der Waals surface area contributed by atoms with Gasteiger partial charge in [0.15, 0.2) is 17.5 Å². The van der Waals surface area contributed by atoms with Crippen molar-refractivity contribution >= 4 is 53.9 Å². The van der Waals surface area contributed by atoms with E-state index in [1.807, 2.05) is 54.6 Å². The van der Waals surface area contributed by atoms with Gasteiger partial charge in [0.05, 0.1) is 0 Å². The zero-order valence-electron chi connectivity index (χ0n) is 19.0. The fraction of sp³-hybridized carbons (Fsp3) is 0. The molecular formula is C31H18ClN3S. The van der Waals surface area contributed by atoms with E-state index in [0.29, 0.717) is 22.5 Å². The molecule has 0 unspecified atom stereocenters. The second-order valence-electron chi connectivity index (χ2n) is 8.66. The summed E-state index contributed by atoms with van der Waals surface area (Å²) in [6, 6.07) is 37.1. The monoisotopic (exact) mass is 499 g/mol. The molecule has 0 amide bonds. The summed E-state index contributed by atoms with van der Waals surface area (Å²) in [6.45, 7) is 0. The fourth-order valence-corrected chi connectivity index (χ4v) is 5.98. The number of aromatic nitrogens is 3. The van der Waals surface area contributed by atoms with E-state index in [0.717, 1.165) is 27.5 Å². The average molecular weight is 500 g/mol. The second-order valence-corrected chi connectivity index (χ2v) is 10.2. The largest absolute Gasteiger partial charge is 0.208 e. The van der Waals surface area contributed by atoms with E-state index in [2.05, 4.69) is 54.6 Å². The fourth-order valence-electron chi connectivity index (χ4n) is 4.61. The van der Waals surface area contributed by atoms with Crippen molar-refractivity contribution in [2.24, 2.45) is 0 Å². The van der Waals surface area contributed by atoms with Crippen LogP contribution in [0.2, 0.25) is 5.02 Å². The number of hydrogen-bond donors (Lipinski definition) is 0. The topological polar surface area (TPSA) is 38.7 Å². The minimum Gasteiger partial charge on any atom is -0.208 e. The molecule has 7 rings (SSSR count). The number of hydrogen-bond acceptors (Lipinski definition) is 4. The number of nitrogens with zero attached hydrogens (tertiary/aromatic N) is 3. The summed E-state index contributed by atoms with van der Waals surface area (Å²) in [5.41, 5.74) is 2.76. The van der Waals surface area contributed by atoms with Crippen LogP contribution in [-0.2, 0) is 0 Å². The van der Waals surface area contributed by atoms with Gasteiger partial charge in [-0.15, -0.1) is 11.3 Å². The number of halogens is 1. The standard InChI is InChI=1S/C31H18ClN3S/c32-26-18-22(16-20-10-4-5-11-23(20)26)31-34-29(19-8-2-1-3-9-19)33-30(35-31)21-14-15-28-25(17-21)24-12-6-7-13-27(24)36-28/h1-18H. The molecule has 0 spiro atoms. The minimum absolute atomic E-state index is 0.599. The van der Waals surface area contributed by atoms with Gasteiger partial charge < -0.3 is 0 Å². The molecule has 0 radical (unpaired) electrons. The third-order valence-corrected chi connectivity index (χ3v) is 7.84. The van der Waals surface area contributed by atoms with E-state index < -0.39 is 0 Å². The molecule has 0 N–H and O–H groups in total. The Bertz CT molecular complexity index is 1910. The van der Waals surface area contributed by atoms with E-state index in [1.54, 1.807) is 11.3 Å². The van der Waals surface area contributed by atoms with Crippen molar-refractivity contribution in [1.29, 1.82) is 0 Å². The molecule has 0 saturated carbocycles. The first-order valence-electron chi connectivity index (χ1n) is 11.6. The van der Waals surface area contributed by atoms with Gasteiger partial charge >= 0.3 is 0 Å². The van der Waals surface area contributed by atoms with Gasteiger partial charge in [0.1, 0.15) is 0 Å². The molecule has 0 aliphatic heterocycles. The smallest absolute Gasteiger partial charge is 0.164 e. The van der Waals surface area contributed by atoms with Crippen LogP contribution in [0.1, 0.15) is 0 Å². The predicted molar refractivity (Wildman–Crippen MR) is 152 cm³/mol. The van der Waals surface area contributed by atoms with E-state index in [1.165, 1.54) is 20.2 Å². The zero-order valence-corrected chi connectivity index (χ0v) is 20.6. The number of benzene rings is 5. The quantitative estimate of drug-likeness (QED) is 0.243. The van der Waals surface area contributed by atoms with Crippen LogP contribution >= 0.6 is 22.9 Å². The molecule has 0 bridgehead atoms. The van der Waals surface area contributed by atoms with Crippen LogP contribution in [0.4, 0.5) is 0 Å². The molecule has 7 aromatic rings. The molecule has 5 heteroatoms. The lowest BCUT2D eigenvalue weighted by Crippen LogP contribution is -2.00. The lowest BCUT2D eigenvalue weighted by molar-refractivity contribution is 1.08. The molecular weight excluding hydrogens is 482 g/mol. The van der Waals surface area contributed by atoms with Crippen molar-refractivity contribution in [3.63, 3.8) is 0 Å². The molecule has 0 atom stereocenters. The Morgan fingerprint density at radius 3 is 1.94 bits per heavy atom. The highest BCUT2D eigenvalue weighted by atomic mass is 35.5. The highest BCUT2D eigenvalue weighted by Crippen LogP contribution is 2.36. The van der Waals surface area contributed by atoms with Crippen molar-refractivity contribution in [3.05, 3.63) is 114 Å². The third-order valence-electron chi connectivity index (χ3n) is 6.37. The summed E-state index contributed by atoms with van der Waals surface area (Å²) in [5.74, 6) is 1.87. The lowest BCUT2D eigenvalue weighted by Gasteiger charge is -2.10. The maximum Gasteiger partial charge on any atom is 0.164 e. The van der Waals surface area contributed by atoms with Gasteiger partial charge in [-0.1, -0.05) is 84.4 Å². The third kappa shape index (κ3) is 3.63. The van der Waals surface area contributed by atoms with Crippen LogP contribution in [0.15, 0.2) is 109 Å². The van der Waals surface area contributed by atoms with Crippen molar-refractivity contribution in [3.8, 4) is 34.2 Å². The van der Waals surface area contributed by atoms with Crippen LogP contribution in [0.5, 0.6) is 0 Å². The van der Waals surface area contributed by atoms with Crippen molar-refractivity contribution in [2.75, 3.05) is 0 Å².